The predicted octanol–water partition coefficient (Wildman–Crippen LogP) is 4.60. The SMILES string of the molecule is O=C(OCc1ccccc1)N1CCCC[C@H]1c1cccnc1Cl. The minimum absolute atomic E-state index is 0.0618. The zero-order chi connectivity index (χ0) is 16.1. The van der Waals surface area contributed by atoms with Gasteiger partial charge >= 0.3 is 6.09 Å². The van der Waals surface area contributed by atoms with Crippen LogP contribution in [0.2, 0.25) is 5.15 Å². The first-order valence-electron chi connectivity index (χ1n) is 7.83. The third kappa shape index (κ3) is 3.82. The lowest BCUT2D eigenvalue weighted by Crippen LogP contribution is -2.39. The van der Waals surface area contributed by atoms with Crippen LogP contribution in [-0.4, -0.2) is 22.5 Å². The van der Waals surface area contributed by atoms with Gasteiger partial charge in [0.1, 0.15) is 11.8 Å². The van der Waals surface area contributed by atoms with Gasteiger partial charge in [-0.2, -0.15) is 0 Å². The Morgan fingerprint density at radius 2 is 2.04 bits per heavy atom. The largest absolute Gasteiger partial charge is 0.445 e. The van der Waals surface area contributed by atoms with Gasteiger partial charge in [-0.1, -0.05) is 48.0 Å². The third-order valence-corrected chi connectivity index (χ3v) is 4.41. The first-order valence-corrected chi connectivity index (χ1v) is 8.21. The molecular formula is C18H19ClN2O2. The van der Waals surface area contributed by atoms with Crippen LogP contribution in [0.4, 0.5) is 4.79 Å². The van der Waals surface area contributed by atoms with Crippen LogP contribution in [0.15, 0.2) is 48.7 Å². The van der Waals surface area contributed by atoms with Crippen molar-refractivity contribution in [3.63, 3.8) is 0 Å². The summed E-state index contributed by atoms with van der Waals surface area (Å²) in [6, 6.07) is 13.4. The van der Waals surface area contributed by atoms with Gasteiger partial charge in [0.25, 0.3) is 0 Å². The molecule has 1 atom stereocenters. The molecule has 5 heteroatoms. The van der Waals surface area contributed by atoms with Gasteiger partial charge in [-0.25, -0.2) is 9.78 Å². The monoisotopic (exact) mass is 330 g/mol. The van der Waals surface area contributed by atoms with E-state index in [0.717, 1.165) is 30.4 Å². The van der Waals surface area contributed by atoms with Gasteiger partial charge in [0.2, 0.25) is 0 Å². The lowest BCUT2D eigenvalue weighted by atomic mass is 9.97. The van der Waals surface area contributed by atoms with Crippen LogP contribution < -0.4 is 0 Å². The van der Waals surface area contributed by atoms with Crippen molar-refractivity contribution < 1.29 is 9.53 Å². The van der Waals surface area contributed by atoms with Crippen molar-refractivity contribution in [3.8, 4) is 0 Å². The molecule has 3 rings (SSSR count). The summed E-state index contributed by atoms with van der Waals surface area (Å²) in [4.78, 5) is 18.4. The van der Waals surface area contributed by atoms with Gasteiger partial charge in [-0.05, 0) is 30.9 Å². The number of carbonyl (C=O) groups is 1. The summed E-state index contributed by atoms with van der Waals surface area (Å²) < 4.78 is 5.48. The fourth-order valence-corrected chi connectivity index (χ4v) is 3.17. The lowest BCUT2D eigenvalue weighted by molar-refractivity contribution is 0.0678. The molecule has 1 fully saturated rings. The van der Waals surface area contributed by atoms with Gasteiger partial charge in [0.05, 0.1) is 6.04 Å². The van der Waals surface area contributed by atoms with Crippen LogP contribution in [0, 0.1) is 0 Å². The van der Waals surface area contributed by atoms with Gasteiger partial charge in [-0.3, -0.25) is 0 Å². The molecule has 1 aliphatic heterocycles. The molecule has 1 aromatic heterocycles. The van der Waals surface area contributed by atoms with E-state index in [2.05, 4.69) is 4.98 Å². The Morgan fingerprint density at radius 1 is 1.22 bits per heavy atom. The van der Waals surface area contributed by atoms with Crippen molar-refractivity contribution in [3.05, 3.63) is 64.9 Å². The Balaban J connectivity index is 1.71. The molecule has 23 heavy (non-hydrogen) atoms. The standard InChI is InChI=1S/C18H19ClN2O2/c19-17-15(9-6-11-20-17)16-10-4-5-12-21(16)18(22)23-13-14-7-2-1-3-8-14/h1-3,6-9,11,16H,4-5,10,12-13H2/t16-/m0/s1. The molecule has 1 amide bonds. The highest BCUT2D eigenvalue weighted by atomic mass is 35.5. The Kier molecular flexibility index (Phi) is 5.13. The van der Waals surface area contributed by atoms with Gasteiger partial charge in [-0.15, -0.1) is 0 Å². The number of likely N-dealkylation sites (tertiary alicyclic amines) is 1. The second-order valence-electron chi connectivity index (χ2n) is 5.63. The summed E-state index contributed by atoms with van der Waals surface area (Å²) in [6.07, 6.45) is 4.30. The number of rotatable bonds is 3. The molecule has 0 spiro atoms. The van der Waals surface area contributed by atoms with E-state index in [1.54, 1.807) is 11.1 Å². The number of hydrogen-bond acceptors (Lipinski definition) is 3. The Labute approximate surface area is 141 Å². The van der Waals surface area contributed by atoms with Crippen LogP contribution in [0.3, 0.4) is 0 Å². The molecule has 2 heterocycles. The maximum Gasteiger partial charge on any atom is 0.410 e. The number of aromatic nitrogens is 1. The van der Waals surface area contributed by atoms with Crippen molar-refractivity contribution >= 4 is 17.7 Å². The van der Waals surface area contributed by atoms with Crippen LogP contribution in [0.5, 0.6) is 0 Å². The number of hydrogen-bond donors (Lipinski definition) is 0. The molecular weight excluding hydrogens is 312 g/mol. The van der Waals surface area contributed by atoms with E-state index < -0.39 is 0 Å². The minimum Gasteiger partial charge on any atom is -0.445 e. The first-order chi connectivity index (χ1) is 11.3. The van der Waals surface area contributed by atoms with E-state index >= 15 is 0 Å². The molecule has 0 N–H and O–H groups in total. The van der Waals surface area contributed by atoms with Crippen LogP contribution >= 0.6 is 11.6 Å². The molecule has 0 aliphatic carbocycles. The quantitative estimate of drug-likeness (QED) is 0.772. The molecule has 4 nitrogen and oxygen atoms in total. The number of piperidine rings is 1. The number of benzene rings is 1. The number of ether oxygens (including phenoxy) is 1. The molecule has 1 saturated heterocycles. The number of amides is 1. The fraction of sp³-hybridized carbons (Fsp3) is 0.333. The lowest BCUT2D eigenvalue weighted by Gasteiger charge is -2.35. The van der Waals surface area contributed by atoms with Crippen molar-refractivity contribution in [2.75, 3.05) is 6.54 Å². The van der Waals surface area contributed by atoms with Gasteiger partial charge in [0.15, 0.2) is 0 Å². The molecule has 0 saturated carbocycles. The summed E-state index contributed by atoms with van der Waals surface area (Å²) in [5.74, 6) is 0. The van der Waals surface area contributed by atoms with Crippen molar-refractivity contribution in [2.24, 2.45) is 0 Å². The van der Waals surface area contributed by atoms with Crippen molar-refractivity contribution in [2.45, 2.75) is 31.9 Å². The zero-order valence-corrected chi connectivity index (χ0v) is 13.6. The highest BCUT2D eigenvalue weighted by molar-refractivity contribution is 6.30. The summed E-state index contributed by atoms with van der Waals surface area (Å²) in [6.45, 7) is 0.965. The molecule has 0 radical (unpaired) electrons. The van der Waals surface area contributed by atoms with Gasteiger partial charge < -0.3 is 9.64 Å². The Morgan fingerprint density at radius 3 is 2.83 bits per heavy atom. The number of nitrogens with zero attached hydrogens (tertiary/aromatic N) is 2. The number of pyridine rings is 1. The van der Waals surface area contributed by atoms with E-state index in [9.17, 15) is 4.79 Å². The Bertz CT molecular complexity index is 663. The highest BCUT2D eigenvalue weighted by Crippen LogP contribution is 2.34. The summed E-state index contributed by atoms with van der Waals surface area (Å²) in [5, 5.41) is 0.459. The van der Waals surface area contributed by atoms with Gasteiger partial charge in [0, 0.05) is 18.3 Å². The average molecular weight is 331 g/mol. The molecule has 2 aromatic rings. The smallest absolute Gasteiger partial charge is 0.410 e. The van der Waals surface area contributed by atoms with E-state index in [1.165, 1.54) is 0 Å². The highest BCUT2D eigenvalue weighted by Gasteiger charge is 2.30. The second-order valence-corrected chi connectivity index (χ2v) is 5.99. The average Bonchev–Trinajstić information content (AvgIpc) is 2.61. The summed E-state index contributed by atoms with van der Waals surface area (Å²) in [5.41, 5.74) is 1.87. The third-order valence-electron chi connectivity index (χ3n) is 4.09. The van der Waals surface area contributed by atoms with Crippen molar-refractivity contribution in [1.29, 1.82) is 0 Å². The molecule has 120 valence electrons. The topological polar surface area (TPSA) is 42.4 Å². The predicted molar refractivity (Wildman–Crippen MR) is 89.2 cm³/mol. The second kappa shape index (κ2) is 7.47. The molecule has 1 aromatic carbocycles. The minimum atomic E-state index is -0.293. The van der Waals surface area contributed by atoms with Crippen LogP contribution in [0.25, 0.3) is 0 Å². The maximum atomic E-state index is 12.5. The number of halogens is 1. The maximum absolute atomic E-state index is 12.5. The van der Waals surface area contributed by atoms with E-state index in [1.807, 2.05) is 42.5 Å². The van der Waals surface area contributed by atoms with E-state index in [-0.39, 0.29) is 18.7 Å². The Hall–Kier alpha value is -2.07. The first kappa shape index (κ1) is 15.8. The molecule has 0 bridgehead atoms. The summed E-state index contributed by atoms with van der Waals surface area (Å²) in [7, 11) is 0. The zero-order valence-electron chi connectivity index (χ0n) is 12.8. The fourth-order valence-electron chi connectivity index (χ4n) is 2.92. The van der Waals surface area contributed by atoms with Crippen LogP contribution in [-0.2, 0) is 11.3 Å². The van der Waals surface area contributed by atoms with Crippen molar-refractivity contribution in [1.82, 2.24) is 9.88 Å². The van der Waals surface area contributed by atoms with Crippen LogP contribution in [0.1, 0.15) is 36.4 Å². The molecule has 0 unspecified atom stereocenters. The number of carbonyl (C=O) groups excluding carboxylic acids is 1. The van der Waals surface area contributed by atoms with E-state index in [4.69, 9.17) is 16.3 Å². The summed E-state index contributed by atoms with van der Waals surface area (Å²) >= 11 is 6.21. The van der Waals surface area contributed by atoms with E-state index in [0.29, 0.717) is 11.7 Å². The normalized spacial score (nSPS) is 17.8. The molecule has 1 aliphatic rings.